The van der Waals surface area contributed by atoms with Gasteiger partial charge in [0.2, 0.25) is 0 Å². The number of fused-ring (bicyclic) bond motifs is 6. The number of furan rings is 2. The van der Waals surface area contributed by atoms with Gasteiger partial charge >= 0.3 is 11.3 Å². The molecule has 30 heavy (non-hydrogen) atoms. The van der Waals surface area contributed by atoms with E-state index in [1.54, 1.807) is 36.6 Å². The first-order valence-electron chi connectivity index (χ1n) is 9.08. The van der Waals surface area contributed by atoms with Crippen molar-refractivity contribution in [3.63, 3.8) is 0 Å². The molecule has 0 radical (unpaired) electrons. The molecule has 4 aromatic heterocycles. The SMILES string of the molecule is O=c1ccc2cc(CO)c3occc3c2o1.O=c1ccc2ccc3occc3c2o1. The smallest absolute Gasteiger partial charge is 0.336 e. The highest BCUT2D eigenvalue weighted by Crippen LogP contribution is 2.28. The molecule has 7 nitrogen and oxygen atoms in total. The van der Waals surface area contributed by atoms with Crippen LogP contribution in [0.25, 0.3) is 43.9 Å². The van der Waals surface area contributed by atoms with Crippen molar-refractivity contribution in [3.8, 4) is 0 Å². The van der Waals surface area contributed by atoms with Gasteiger partial charge in [-0.1, -0.05) is 0 Å². The average Bonchev–Trinajstić information content (AvgIpc) is 3.43. The molecule has 148 valence electrons. The van der Waals surface area contributed by atoms with Crippen LogP contribution in [0.1, 0.15) is 5.56 Å². The standard InChI is InChI=1S/C12H8O4.C11H6O3/c13-6-8-5-7-1-2-10(14)16-12(7)9-3-4-15-11(8)9;12-10-4-2-7-1-3-9-8(5-6-13-9)11(7)14-10/h1-5,13H,6H2;1-6H. The van der Waals surface area contributed by atoms with Crippen molar-refractivity contribution in [2.75, 3.05) is 0 Å². The van der Waals surface area contributed by atoms with Crippen LogP contribution in [-0.2, 0) is 6.61 Å². The molecule has 0 atom stereocenters. The van der Waals surface area contributed by atoms with Gasteiger partial charge in [0, 0.05) is 28.5 Å². The van der Waals surface area contributed by atoms with Gasteiger partial charge in [-0.25, -0.2) is 9.59 Å². The molecular weight excluding hydrogens is 388 g/mol. The maximum Gasteiger partial charge on any atom is 0.336 e. The topological polar surface area (TPSA) is 107 Å². The van der Waals surface area contributed by atoms with Gasteiger partial charge in [0.1, 0.15) is 22.3 Å². The molecule has 0 spiro atoms. The maximum absolute atomic E-state index is 11.2. The van der Waals surface area contributed by atoms with Crippen molar-refractivity contribution < 1.29 is 22.8 Å². The minimum atomic E-state index is -0.397. The van der Waals surface area contributed by atoms with Crippen LogP contribution in [0.5, 0.6) is 0 Å². The Morgan fingerprint density at radius 1 is 0.667 bits per heavy atom. The molecule has 4 heterocycles. The van der Waals surface area contributed by atoms with Crippen LogP contribution in [0.3, 0.4) is 0 Å². The summed E-state index contributed by atoms with van der Waals surface area (Å²) < 4.78 is 20.7. The van der Waals surface area contributed by atoms with Crippen molar-refractivity contribution in [3.05, 3.63) is 93.5 Å². The minimum absolute atomic E-state index is 0.112. The van der Waals surface area contributed by atoms with Crippen LogP contribution < -0.4 is 11.3 Å². The fourth-order valence-corrected chi connectivity index (χ4v) is 3.43. The van der Waals surface area contributed by atoms with E-state index in [9.17, 15) is 14.7 Å². The molecule has 0 saturated heterocycles. The van der Waals surface area contributed by atoms with Crippen LogP contribution in [0.15, 0.2) is 94.4 Å². The summed E-state index contributed by atoms with van der Waals surface area (Å²) in [6.45, 7) is -0.112. The highest BCUT2D eigenvalue weighted by Gasteiger charge is 2.10. The molecule has 1 N–H and O–H groups in total. The Bertz CT molecular complexity index is 1630. The Morgan fingerprint density at radius 3 is 2.07 bits per heavy atom. The van der Waals surface area contributed by atoms with E-state index < -0.39 is 5.63 Å². The summed E-state index contributed by atoms with van der Waals surface area (Å²) in [6, 6.07) is 15.2. The van der Waals surface area contributed by atoms with E-state index in [-0.39, 0.29) is 12.2 Å². The zero-order chi connectivity index (χ0) is 20.7. The van der Waals surface area contributed by atoms with Gasteiger partial charge in [-0.3, -0.25) is 0 Å². The van der Waals surface area contributed by atoms with Gasteiger partial charge < -0.3 is 22.8 Å². The number of rotatable bonds is 1. The van der Waals surface area contributed by atoms with Gasteiger partial charge in [0.05, 0.1) is 29.9 Å². The fourth-order valence-electron chi connectivity index (χ4n) is 3.43. The lowest BCUT2D eigenvalue weighted by Gasteiger charge is -2.01. The molecule has 0 saturated carbocycles. The monoisotopic (exact) mass is 402 g/mol. The van der Waals surface area contributed by atoms with Crippen molar-refractivity contribution in [1.82, 2.24) is 0 Å². The van der Waals surface area contributed by atoms with Crippen LogP contribution in [0.2, 0.25) is 0 Å². The summed E-state index contributed by atoms with van der Waals surface area (Å²) >= 11 is 0. The van der Waals surface area contributed by atoms with Crippen LogP contribution in [-0.4, -0.2) is 5.11 Å². The van der Waals surface area contributed by atoms with E-state index in [1.807, 2.05) is 12.1 Å². The van der Waals surface area contributed by atoms with Crippen molar-refractivity contribution in [2.24, 2.45) is 0 Å². The lowest BCUT2D eigenvalue weighted by molar-refractivity contribution is 0.282. The van der Waals surface area contributed by atoms with Gasteiger partial charge in [0.15, 0.2) is 0 Å². The lowest BCUT2D eigenvalue weighted by atomic mass is 10.1. The summed E-state index contributed by atoms with van der Waals surface area (Å²) in [5.41, 5.74) is 2.31. The largest absolute Gasteiger partial charge is 0.464 e. The molecule has 0 fully saturated rings. The fraction of sp³-hybridized carbons (Fsp3) is 0.0435. The minimum Gasteiger partial charge on any atom is -0.464 e. The second kappa shape index (κ2) is 7.06. The molecular formula is C23H14O7. The van der Waals surface area contributed by atoms with Crippen molar-refractivity contribution >= 4 is 43.9 Å². The maximum atomic E-state index is 11.2. The highest BCUT2D eigenvalue weighted by atomic mass is 16.4. The molecule has 0 amide bonds. The molecule has 0 unspecified atom stereocenters. The summed E-state index contributed by atoms with van der Waals surface area (Å²) in [4.78, 5) is 22.2. The second-order valence-electron chi connectivity index (χ2n) is 6.60. The zero-order valence-electron chi connectivity index (χ0n) is 15.5. The molecule has 6 rings (SSSR count). The normalized spacial score (nSPS) is 11.2. The Kier molecular flexibility index (Phi) is 4.22. The van der Waals surface area contributed by atoms with E-state index in [4.69, 9.17) is 17.7 Å². The van der Waals surface area contributed by atoms with E-state index >= 15 is 0 Å². The van der Waals surface area contributed by atoms with Crippen molar-refractivity contribution in [1.29, 1.82) is 0 Å². The third-order valence-electron chi connectivity index (χ3n) is 4.78. The molecule has 2 aromatic carbocycles. The Labute approximate surface area is 167 Å². The molecule has 7 heteroatoms. The summed E-state index contributed by atoms with van der Waals surface area (Å²) in [5.74, 6) is 0. The van der Waals surface area contributed by atoms with Crippen molar-refractivity contribution in [2.45, 2.75) is 6.61 Å². The van der Waals surface area contributed by atoms with E-state index in [0.717, 1.165) is 21.7 Å². The molecule has 0 aliphatic heterocycles. The van der Waals surface area contributed by atoms with Gasteiger partial charge in [-0.2, -0.15) is 0 Å². The second-order valence-corrected chi connectivity index (χ2v) is 6.60. The molecule has 0 bridgehead atoms. The number of benzene rings is 2. The first kappa shape index (κ1) is 18.0. The molecule has 0 aliphatic rings. The summed E-state index contributed by atoms with van der Waals surface area (Å²) in [7, 11) is 0. The third-order valence-corrected chi connectivity index (χ3v) is 4.78. The predicted molar refractivity (Wildman–Crippen MR) is 110 cm³/mol. The van der Waals surface area contributed by atoms with Gasteiger partial charge in [-0.05, 0) is 42.5 Å². The average molecular weight is 402 g/mol. The first-order valence-corrected chi connectivity index (χ1v) is 9.08. The number of aliphatic hydroxyl groups excluding tert-OH is 1. The first-order chi connectivity index (χ1) is 14.6. The lowest BCUT2D eigenvalue weighted by Crippen LogP contribution is -1.95. The van der Waals surface area contributed by atoms with Crippen LogP contribution in [0.4, 0.5) is 0 Å². The van der Waals surface area contributed by atoms with Crippen LogP contribution >= 0.6 is 0 Å². The Morgan fingerprint density at radius 2 is 1.30 bits per heavy atom. The molecule has 0 aliphatic carbocycles. The zero-order valence-corrected chi connectivity index (χ0v) is 15.5. The van der Waals surface area contributed by atoms with E-state index in [1.165, 1.54) is 18.4 Å². The molecule has 6 aromatic rings. The summed E-state index contributed by atoms with van der Waals surface area (Å²) in [6.07, 6.45) is 3.09. The number of hydrogen-bond donors (Lipinski definition) is 1. The van der Waals surface area contributed by atoms with Gasteiger partial charge in [0.25, 0.3) is 0 Å². The summed E-state index contributed by atoms with van der Waals surface area (Å²) in [5, 5.41) is 12.4. The quantitative estimate of drug-likeness (QED) is 0.401. The Hall–Kier alpha value is -4.10. The Balaban J connectivity index is 0.000000130. The van der Waals surface area contributed by atoms with E-state index in [0.29, 0.717) is 27.7 Å². The van der Waals surface area contributed by atoms with Gasteiger partial charge in [-0.15, -0.1) is 0 Å². The number of hydrogen-bond acceptors (Lipinski definition) is 7. The third kappa shape index (κ3) is 2.98. The predicted octanol–water partition coefficient (Wildman–Crippen LogP) is 4.57. The highest BCUT2D eigenvalue weighted by molar-refractivity contribution is 6.03. The van der Waals surface area contributed by atoms with E-state index in [2.05, 4.69) is 0 Å². The van der Waals surface area contributed by atoms with Crippen LogP contribution in [0, 0.1) is 0 Å². The number of aliphatic hydroxyl groups is 1.